The molecule has 0 aromatic carbocycles. The van der Waals surface area contributed by atoms with Crippen LogP contribution >= 0.6 is 15.9 Å². The van der Waals surface area contributed by atoms with Crippen LogP contribution in [0.3, 0.4) is 0 Å². The van der Waals surface area contributed by atoms with Gasteiger partial charge in [-0.3, -0.25) is 0 Å². The summed E-state index contributed by atoms with van der Waals surface area (Å²) in [6.45, 7) is 6.32. The Labute approximate surface area is 77.4 Å². The molecular weight excluding hydrogens is 208 g/mol. The second kappa shape index (κ2) is 8.50. The molecule has 0 aliphatic carbocycles. The average molecular weight is 225 g/mol. The highest BCUT2D eigenvalue weighted by atomic mass is 79.9. The predicted octanol–water partition coefficient (Wildman–Crippen LogP) is 2.21. The Balaban J connectivity index is 3.02. The minimum atomic E-state index is 0.231. The van der Waals surface area contributed by atoms with Crippen molar-refractivity contribution >= 4 is 15.9 Å². The van der Waals surface area contributed by atoms with E-state index < -0.39 is 0 Å². The van der Waals surface area contributed by atoms with Crippen LogP contribution in [0.5, 0.6) is 0 Å². The maximum Gasteiger partial charge on any atom is 0.0780 e. The highest BCUT2D eigenvalue weighted by molar-refractivity contribution is 9.09. The number of rotatable bonds is 7. The third-order valence-corrected chi connectivity index (χ3v) is 1.80. The van der Waals surface area contributed by atoms with E-state index in [0.717, 1.165) is 25.0 Å². The zero-order chi connectivity index (χ0) is 8.53. The highest BCUT2D eigenvalue weighted by Gasteiger charge is 1.99. The van der Waals surface area contributed by atoms with Crippen molar-refractivity contribution < 1.29 is 9.47 Å². The molecular formula is C8H17BrO2. The lowest BCUT2D eigenvalue weighted by Gasteiger charge is -2.11. The Bertz CT molecular complexity index is 78.5. The van der Waals surface area contributed by atoms with Crippen LogP contribution in [0.4, 0.5) is 0 Å². The molecule has 0 aromatic rings. The van der Waals surface area contributed by atoms with Gasteiger partial charge >= 0.3 is 0 Å². The van der Waals surface area contributed by atoms with E-state index in [1.165, 1.54) is 0 Å². The Morgan fingerprint density at radius 1 is 1.45 bits per heavy atom. The van der Waals surface area contributed by atoms with Gasteiger partial charge in [0.05, 0.1) is 12.7 Å². The average Bonchev–Trinajstić information content (AvgIpc) is 2.01. The van der Waals surface area contributed by atoms with Crippen LogP contribution in [0.1, 0.15) is 20.3 Å². The maximum atomic E-state index is 5.43. The number of halogens is 1. The van der Waals surface area contributed by atoms with E-state index in [4.69, 9.17) is 9.47 Å². The van der Waals surface area contributed by atoms with Crippen molar-refractivity contribution in [1.82, 2.24) is 0 Å². The molecule has 68 valence electrons. The molecule has 0 amide bonds. The van der Waals surface area contributed by atoms with Gasteiger partial charge in [-0.05, 0) is 20.3 Å². The van der Waals surface area contributed by atoms with Crippen LogP contribution in [0.25, 0.3) is 0 Å². The van der Waals surface area contributed by atoms with Gasteiger partial charge in [-0.2, -0.15) is 0 Å². The van der Waals surface area contributed by atoms with E-state index in [2.05, 4.69) is 15.9 Å². The van der Waals surface area contributed by atoms with Crippen LogP contribution in [0.15, 0.2) is 0 Å². The number of alkyl halides is 1. The lowest BCUT2D eigenvalue weighted by Crippen LogP contribution is -2.16. The summed E-state index contributed by atoms with van der Waals surface area (Å²) in [5, 5.41) is 1.01. The van der Waals surface area contributed by atoms with Crippen molar-refractivity contribution in [2.75, 3.05) is 25.2 Å². The summed E-state index contributed by atoms with van der Waals surface area (Å²) in [6, 6.07) is 0. The molecule has 0 aliphatic rings. The van der Waals surface area contributed by atoms with Crippen LogP contribution < -0.4 is 0 Å². The Morgan fingerprint density at radius 3 is 2.73 bits per heavy atom. The first-order chi connectivity index (χ1) is 5.31. The molecule has 0 aromatic heterocycles. The first-order valence-electron chi connectivity index (χ1n) is 4.06. The first-order valence-corrected chi connectivity index (χ1v) is 5.18. The number of ether oxygens (including phenoxy) is 2. The smallest absolute Gasteiger partial charge is 0.0780 e. The SMILES string of the molecule is CCOCC(C)OCCCBr. The van der Waals surface area contributed by atoms with Crippen LogP contribution in [0, 0.1) is 0 Å². The van der Waals surface area contributed by atoms with Gasteiger partial charge in [-0.25, -0.2) is 0 Å². The van der Waals surface area contributed by atoms with Crippen molar-refractivity contribution in [3.8, 4) is 0 Å². The van der Waals surface area contributed by atoms with E-state index in [9.17, 15) is 0 Å². The topological polar surface area (TPSA) is 18.5 Å². The maximum absolute atomic E-state index is 5.43. The molecule has 0 aliphatic heterocycles. The van der Waals surface area contributed by atoms with E-state index in [1.807, 2.05) is 13.8 Å². The summed E-state index contributed by atoms with van der Waals surface area (Å²) < 4.78 is 10.6. The Kier molecular flexibility index (Phi) is 8.81. The van der Waals surface area contributed by atoms with Crippen molar-refractivity contribution in [3.63, 3.8) is 0 Å². The molecule has 3 heteroatoms. The van der Waals surface area contributed by atoms with E-state index in [0.29, 0.717) is 6.61 Å². The fourth-order valence-electron chi connectivity index (χ4n) is 0.671. The van der Waals surface area contributed by atoms with Crippen molar-refractivity contribution in [2.24, 2.45) is 0 Å². The fourth-order valence-corrected chi connectivity index (χ4v) is 0.900. The Morgan fingerprint density at radius 2 is 2.18 bits per heavy atom. The summed E-state index contributed by atoms with van der Waals surface area (Å²) in [7, 11) is 0. The quantitative estimate of drug-likeness (QED) is 0.488. The van der Waals surface area contributed by atoms with Gasteiger partial charge in [0.15, 0.2) is 0 Å². The number of hydrogen-bond donors (Lipinski definition) is 0. The van der Waals surface area contributed by atoms with Gasteiger partial charge in [0, 0.05) is 18.5 Å². The molecule has 0 radical (unpaired) electrons. The summed E-state index contributed by atoms with van der Waals surface area (Å²) in [4.78, 5) is 0. The first kappa shape index (κ1) is 11.4. The van der Waals surface area contributed by atoms with Gasteiger partial charge in [0.2, 0.25) is 0 Å². The fraction of sp³-hybridized carbons (Fsp3) is 1.00. The monoisotopic (exact) mass is 224 g/mol. The lowest BCUT2D eigenvalue weighted by atomic mass is 10.4. The number of hydrogen-bond acceptors (Lipinski definition) is 2. The molecule has 0 N–H and O–H groups in total. The van der Waals surface area contributed by atoms with Crippen molar-refractivity contribution in [2.45, 2.75) is 26.4 Å². The second-order valence-corrected chi connectivity index (χ2v) is 3.18. The summed E-state index contributed by atoms with van der Waals surface area (Å²) in [6.07, 6.45) is 1.30. The van der Waals surface area contributed by atoms with Crippen LogP contribution in [0.2, 0.25) is 0 Å². The molecule has 1 unspecified atom stereocenters. The minimum Gasteiger partial charge on any atom is -0.379 e. The minimum absolute atomic E-state index is 0.231. The molecule has 0 bridgehead atoms. The van der Waals surface area contributed by atoms with E-state index in [-0.39, 0.29) is 6.10 Å². The van der Waals surface area contributed by atoms with Gasteiger partial charge in [-0.15, -0.1) is 0 Å². The molecule has 0 heterocycles. The van der Waals surface area contributed by atoms with Gasteiger partial charge in [0.1, 0.15) is 0 Å². The van der Waals surface area contributed by atoms with E-state index in [1.54, 1.807) is 0 Å². The van der Waals surface area contributed by atoms with Gasteiger partial charge in [0.25, 0.3) is 0 Å². The molecule has 2 nitrogen and oxygen atoms in total. The summed E-state index contributed by atoms with van der Waals surface area (Å²) in [5.41, 5.74) is 0. The molecule has 1 atom stereocenters. The predicted molar refractivity (Wildman–Crippen MR) is 50.3 cm³/mol. The van der Waals surface area contributed by atoms with Crippen molar-refractivity contribution in [3.05, 3.63) is 0 Å². The molecule has 0 fully saturated rings. The third-order valence-electron chi connectivity index (χ3n) is 1.24. The molecule has 0 saturated heterocycles. The van der Waals surface area contributed by atoms with E-state index >= 15 is 0 Å². The zero-order valence-corrected chi connectivity index (χ0v) is 8.89. The van der Waals surface area contributed by atoms with Crippen LogP contribution in [-0.2, 0) is 9.47 Å². The highest BCUT2D eigenvalue weighted by Crippen LogP contribution is 1.95. The largest absolute Gasteiger partial charge is 0.379 e. The lowest BCUT2D eigenvalue weighted by molar-refractivity contribution is -0.00262. The van der Waals surface area contributed by atoms with Gasteiger partial charge in [-0.1, -0.05) is 15.9 Å². The molecule has 11 heavy (non-hydrogen) atoms. The van der Waals surface area contributed by atoms with Crippen molar-refractivity contribution in [1.29, 1.82) is 0 Å². The summed E-state index contributed by atoms with van der Waals surface area (Å²) in [5.74, 6) is 0. The second-order valence-electron chi connectivity index (χ2n) is 2.38. The molecule has 0 spiro atoms. The standard InChI is InChI=1S/C8H17BrO2/c1-3-10-7-8(2)11-6-4-5-9/h8H,3-7H2,1-2H3. The van der Waals surface area contributed by atoms with Gasteiger partial charge < -0.3 is 9.47 Å². The Hall–Kier alpha value is 0.400. The molecule has 0 saturated carbocycles. The van der Waals surface area contributed by atoms with Crippen LogP contribution in [-0.4, -0.2) is 31.3 Å². The normalized spacial score (nSPS) is 13.4. The molecule has 0 rings (SSSR count). The summed E-state index contributed by atoms with van der Waals surface area (Å²) >= 11 is 3.34. The third kappa shape index (κ3) is 8.30. The zero-order valence-electron chi connectivity index (χ0n) is 7.31.